The van der Waals surface area contributed by atoms with Crippen molar-refractivity contribution in [2.24, 2.45) is 0 Å². The van der Waals surface area contributed by atoms with Crippen molar-refractivity contribution in [2.45, 2.75) is 13.3 Å². The van der Waals surface area contributed by atoms with Gasteiger partial charge < -0.3 is 14.6 Å². The van der Waals surface area contributed by atoms with Crippen LogP contribution in [0.5, 0.6) is 0 Å². The molecule has 0 heterocycles. The van der Waals surface area contributed by atoms with Gasteiger partial charge in [0.15, 0.2) is 0 Å². The molecular formula is C6H11IO3. The zero-order chi connectivity index (χ0) is 7.11. The molecular weight excluding hydrogens is 247 g/mol. The fourth-order valence-corrected chi connectivity index (χ4v) is 0.377. The monoisotopic (exact) mass is 258 g/mol. The van der Waals surface area contributed by atoms with Crippen molar-refractivity contribution in [1.29, 1.82) is 0 Å². The number of carboxylic acid groups (broad SMARTS) is 1. The largest absolute Gasteiger partial charge is 0.549 e. The Morgan fingerprint density at radius 2 is 2.30 bits per heavy atom. The number of halogens is 1. The third kappa shape index (κ3) is 10.7. The van der Waals surface area contributed by atoms with E-state index in [2.05, 4.69) is 4.74 Å². The molecule has 60 valence electrons. The van der Waals surface area contributed by atoms with Gasteiger partial charge in [-0.15, -0.1) is 0 Å². The summed E-state index contributed by atoms with van der Waals surface area (Å²) in [6.45, 7) is 2.05. The van der Waals surface area contributed by atoms with E-state index in [1.807, 2.05) is 19.1 Å². The average Bonchev–Trinajstić information content (AvgIpc) is 1.80. The van der Waals surface area contributed by atoms with E-state index in [0.29, 0.717) is 6.42 Å². The zero-order valence-corrected chi connectivity index (χ0v) is 8.29. The van der Waals surface area contributed by atoms with E-state index in [4.69, 9.17) is 0 Å². The predicted octanol–water partition coefficient (Wildman–Crippen LogP) is -3.22. The van der Waals surface area contributed by atoms with Crippen molar-refractivity contribution in [2.75, 3.05) is 6.61 Å². The topological polar surface area (TPSA) is 49.4 Å². The maximum absolute atomic E-state index is 9.61. The van der Waals surface area contributed by atoms with E-state index in [-0.39, 0.29) is 30.6 Å². The molecule has 3 nitrogen and oxygen atoms in total. The minimum Gasteiger partial charge on any atom is -0.549 e. The molecule has 10 heavy (non-hydrogen) atoms. The molecule has 4 heteroatoms. The van der Waals surface area contributed by atoms with Gasteiger partial charge in [0, 0.05) is 6.61 Å². The molecule has 0 atom stereocenters. The Kier molecular flexibility index (Phi) is 10.9. The van der Waals surface area contributed by atoms with Gasteiger partial charge in [0.25, 0.3) is 6.16 Å². The van der Waals surface area contributed by atoms with E-state index >= 15 is 0 Å². The highest BCUT2D eigenvalue weighted by Gasteiger charge is 1.79. The minimum atomic E-state index is -1.46. The Bertz CT molecular complexity index is 112. The first kappa shape index (κ1) is 12.4. The van der Waals surface area contributed by atoms with Gasteiger partial charge in [0.2, 0.25) is 24.0 Å². The van der Waals surface area contributed by atoms with Crippen LogP contribution in [0.1, 0.15) is 13.3 Å². The Morgan fingerprint density at radius 3 is 2.70 bits per heavy atom. The number of ether oxygens (including phenoxy) is 1. The van der Waals surface area contributed by atoms with Gasteiger partial charge in [-0.3, -0.25) is 0 Å². The van der Waals surface area contributed by atoms with E-state index in [1.165, 1.54) is 0 Å². The lowest BCUT2D eigenvalue weighted by atomic mass is 10.4. The number of hydrogen-bond donors (Lipinski definition) is 0. The second-order valence-corrected chi connectivity index (χ2v) is 1.46. The van der Waals surface area contributed by atoms with E-state index in [1.54, 1.807) is 0 Å². The highest BCUT2D eigenvalue weighted by Crippen LogP contribution is 1.83. The van der Waals surface area contributed by atoms with Crippen molar-refractivity contribution < 1.29 is 38.6 Å². The predicted molar refractivity (Wildman–Crippen MR) is 33.6 cm³/mol. The van der Waals surface area contributed by atoms with Crippen LogP contribution in [-0.4, -0.2) is 12.8 Å². The molecule has 0 aromatic heterocycles. The Morgan fingerprint density at radius 1 is 1.70 bits per heavy atom. The minimum absolute atomic E-state index is 0. The quantitative estimate of drug-likeness (QED) is 0.232. The van der Waals surface area contributed by atoms with Crippen LogP contribution < -0.4 is 29.1 Å². The zero-order valence-electron chi connectivity index (χ0n) is 5.74. The number of carbonyl (C=O) groups is 1. The van der Waals surface area contributed by atoms with E-state index in [9.17, 15) is 9.90 Å². The summed E-state index contributed by atoms with van der Waals surface area (Å²) in [7, 11) is 0. The molecule has 0 saturated heterocycles. The molecule has 0 amide bonds. The van der Waals surface area contributed by atoms with Crippen molar-refractivity contribution in [3.63, 3.8) is 0 Å². The van der Waals surface area contributed by atoms with Crippen LogP contribution in [0.3, 0.4) is 0 Å². The number of rotatable bonds is 3. The molecule has 0 bridgehead atoms. The second-order valence-electron chi connectivity index (χ2n) is 1.46. The first-order chi connectivity index (χ1) is 4.27. The van der Waals surface area contributed by atoms with Crippen LogP contribution in [0.2, 0.25) is 0 Å². The smallest absolute Gasteiger partial charge is 0.251 e. The molecule has 0 rings (SSSR count). The summed E-state index contributed by atoms with van der Waals surface area (Å²) >= 11 is 0. The summed E-state index contributed by atoms with van der Waals surface area (Å²) in [5.41, 5.74) is 0. The van der Waals surface area contributed by atoms with Crippen LogP contribution in [0.4, 0.5) is 4.79 Å². The highest BCUT2D eigenvalue weighted by atomic mass is 127. The summed E-state index contributed by atoms with van der Waals surface area (Å²) in [6.07, 6.45) is 2.81. The molecule has 0 unspecified atom stereocenters. The Labute approximate surface area is 77.1 Å². The highest BCUT2D eigenvalue weighted by molar-refractivity contribution is 5.53. The molecule has 0 N–H and O–H groups in total. The van der Waals surface area contributed by atoms with Gasteiger partial charge in [-0.1, -0.05) is 12.2 Å². The number of hydrogen-bond acceptors (Lipinski definition) is 3. The Hall–Kier alpha value is -0.260. The summed E-state index contributed by atoms with van der Waals surface area (Å²) < 4.78 is 4.10. The van der Waals surface area contributed by atoms with Crippen molar-refractivity contribution in [1.82, 2.24) is 0 Å². The molecule has 0 saturated carbocycles. The third-order valence-corrected chi connectivity index (χ3v) is 0.740. The van der Waals surface area contributed by atoms with Crippen LogP contribution in [0, 0.1) is 0 Å². The first-order valence-electron chi connectivity index (χ1n) is 2.72. The summed E-state index contributed by atoms with van der Waals surface area (Å²) in [5.74, 6) is 0. The van der Waals surface area contributed by atoms with Gasteiger partial charge in [0.1, 0.15) is 0 Å². The van der Waals surface area contributed by atoms with Gasteiger partial charge in [-0.2, -0.15) is 0 Å². The van der Waals surface area contributed by atoms with Crippen molar-refractivity contribution in [3.8, 4) is 0 Å². The van der Waals surface area contributed by atoms with Crippen LogP contribution >= 0.6 is 0 Å². The van der Waals surface area contributed by atoms with Crippen molar-refractivity contribution >= 4 is 6.16 Å². The molecule has 0 radical (unpaired) electrons. The second kappa shape index (κ2) is 8.74. The van der Waals surface area contributed by atoms with Gasteiger partial charge >= 0.3 is 0 Å². The Balaban J connectivity index is 0. The molecule has 0 aliphatic heterocycles. The molecule has 0 fully saturated rings. The third-order valence-electron chi connectivity index (χ3n) is 0.740. The fourth-order valence-electron chi connectivity index (χ4n) is 0.377. The standard InChI is InChI=1S/C6H10O3.H2I/c1-2-3-4-5-9-6(7)8;/h2-3H,4-5H2,1H3,(H,7,8);1H2/q;+1/p-1. The van der Waals surface area contributed by atoms with Crippen molar-refractivity contribution in [3.05, 3.63) is 12.2 Å². The van der Waals surface area contributed by atoms with Crippen LogP contribution in [0.25, 0.3) is 0 Å². The average molecular weight is 258 g/mol. The summed E-state index contributed by atoms with van der Waals surface area (Å²) in [6, 6.07) is 0. The summed E-state index contributed by atoms with van der Waals surface area (Å²) in [4.78, 5) is 9.61. The van der Waals surface area contributed by atoms with E-state index in [0.717, 1.165) is 0 Å². The van der Waals surface area contributed by atoms with Crippen LogP contribution in [0.15, 0.2) is 12.2 Å². The number of allylic oxidation sites excluding steroid dienone is 1. The maximum Gasteiger partial charge on any atom is 0.251 e. The molecule has 0 spiro atoms. The molecule has 0 aromatic rings. The molecule has 0 aliphatic rings. The lowest BCUT2D eigenvalue weighted by Crippen LogP contribution is -3.00. The SMILES string of the molecule is CC=CCCOC(=O)[O-].[IH2+]. The first-order valence-corrected chi connectivity index (χ1v) is 2.72. The molecule has 0 aliphatic carbocycles. The maximum atomic E-state index is 9.61. The molecule has 0 aromatic carbocycles. The summed E-state index contributed by atoms with van der Waals surface area (Å²) in [5, 5.41) is 9.61. The fraction of sp³-hybridized carbons (Fsp3) is 0.500. The van der Waals surface area contributed by atoms with Crippen LogP contribution in [-0.2, 0) is 4.74 Å². The lowest BCUT2D eigenvalue weighted by Gasteiger charge is -2.03. The normalized spacial score (nSPS) is 8.90. The van der Waals surface area contributed by atoms with Gasteiger partial charge in [0.05, 0.1) is 0 Å². The van der Waals surface area contributed by atoms with Gasteiger partial charge in [-0.25, -0.2) is 0 Å². The lowest BCUT2D eigenvalue weighted by molar-refractivity contribution is -0.282. The number of carbonyl (C=O) groups excluding carboxylic acids is 1. The van der Waals surface area contributed by atoms with E-state index < -0.39 is 6.16 Å². The van der Waals surface area contributed by atoms with Gasteiger partial charge in [-0.05, 0) is 13.3 Å².